The fourth-order valence-electron chi connectivity index (χ4n) is 8.81. The zero-order valence-electron chi connectivity index (χ0n) is 48.0. The predicted molar refractivity (Wildman–Crippen MR) is 273 cm³/mol. The maximum absolute atomic E-state index is 10.0. The molecule has 0 bridgehead atoms. The molecule has 68 heavy (non-hydrogen) atoms. The Bertz CT molecular complexity index is 3670. The number of hydrogen-bond donors (Lipinski definition) is 0. The van der Waals surface area contributed by atoms with Crippen LogP contribution in [-0.4, -0.2) is 19.9 Å². The van der Waals surface area contributed by atoms with Crippen LogP contribution in [-0.2, 0) is 56.5 Å². The molecule has 0 aliphatic heterocycles. The number of nitrogens with zero attached hydrogens (tertiary/aromatic N) is 4. The molecule has 0 N–H and O–H groups in total. The van der Waals surface area contributed by atoms with E-state index in [1.165, 1.54) is 18.3 Å². The van der Waals surface area contributed by atoms with Crippen LogP contribution in [0.5, 0.6) is 0 Å². The van der Waals surface area contributed by atoms with E-state index in [4.69, 9.17) is 27.6 Å². The number of aromatic nitrogens is 4. The van der Waals surface area contributed by atoms with Gasteiger partial charge in [0.05, 0.1) is 5.58 Å². The molecule has 336 valence electrons. The summed E-state index contributed by atoms with van der Waals surface area (Å²) in [5.41, 5.74) is 7.18. The molecule has 0 radical (unpaired) electrons. The Morgan fingerprint density at radius 3 is 1.79 bits per heavy atom. The van der Waals surface area contributed by atoms with Gasteiger partial charge in [-0.05, 0) is 129 Å². The molecule has 0 aliphatic carbocycles. The minimum Gasteiger partial charge on any atom is -0.486 e. The molecular weight excluding hydrogens is 1010 g/mol. The van der Waals surface area contributed by atoms with E-state index in [2.05, 4.69) is 69.1 Å². The van der Waals surface area contributed by atoms with Crippen molar-refractivity contribution in [1.29, 1.82) is 0 Å². The van der Waals surface area contributed by atoms with Crippen molar-refractivity contribution in [2.75, 3.05) is 0 Å². The summed E-state index contributed by atoms with van der Waals surface area (Å²) >= 11 is 0. The zero-order valence-corrected chi connectivity index (χ0v) is 40.4. The number of pyridine rings is 4. The first kappa shape index (κ1) is 35.3. The minimum atomic E-state index is -2.83. The van der Waals surface area contributed by atoms with Crippen LogP contribution in [0, 0.1) is 31.9 Å². The summed E-state index contributed by atoms with van der Waals surface area (Å²) in [5.74, 6) is 0. The summed E-state index contributed by atoms with van der Waals surface area (Å²) in [5, 5.41) is 1.15. The second-order valence-electron chi connectivity index (χ2n) is 18.3. The van der Waals surface area contributed by atoms with Gasteiger partial charge >= 0.3 is 20.1 Å². The summed E-state index contributed by atoms with van der Waals surface area (Å²) in [7, 11) is 0. The van der Waals surface area contributed by atoms with Gasteiger partial charge in [-0.2, -0.15) is 0 Å². The normalized spacial score (nSPS) is 14.8. The molecule has 5 heterocycles. The average molecular weight is 1070 g/mol. The van der Waals surface area contributed by atoms with E-state index in [-0.39, 0.29) is 59.3 Å². The van der Waals surface area contributed by atoms with Crippen molar-refractivity contribution in [2.24, 2.45) is 0 Å². The van der Waals surface area contributed by atoms with Crippen LogP contribution in [0.15, 0.2) is 169 Å². The van der Waals surface area contributed by atoms with E-state index in [1.54, 1.807) is 54.6 Å². The molecule has 5 aromatic carbocycles. The fraction of sp³-hybridized carbons (Fsp3) is 0.194. The van der Waals surface area contributed by atoms with Crippen molar-refractivity contribution in [3.8, 4) is 44.9 Å². The minimum absolute atomic E-state index is 0. The summed E-state index contributed by atoms with van der Waals surface area (Å²) in [4.78, 5) is 18.6. The summed E-state index contributed by atoms with van der Waals surface area (Å²) in [6, 6.07) is 52.9. The van der Waals surface area contributed by atoms with Gasteiger partial charge in [0.25, 0.3) is 0 Å². The number of fused-ring (bicyclic) bond motifs is 3. The Morgan fingerprint density at radius 1 is 0.559 bits per heavy atom. The van der Waals surface area contributed by atoms with Gasteiger partial charge in [0, 0.05) is 43.4 Å². The topological polar surface area (TPSA) is 64.7 Å². The third-order valence-electron chi connectivity index (χ3n) is 12.4. The Kier molecular flexibility index (Phi) is 10.1. The summed E-state index contributed by atoms with van der Waals surface area (Å²) < 4.78 is 95.2. The largest absolute Gasteiger partial charge is 3.00 e. The molecule has 0 spiro atoms. The van der Waals surface area contributed by atoms with E-state index in [9.17, 15) is 5.48 Å². The first-order valence-electron chi connectivity index (χ1n) is 27.3. The van der Waals surface area contributed by atoms with Crippen molar-refractivity contribution in [3.63, 3.8) is 0 Å². The number of aryl methyl sites for hydroxylation is 4. The molecule has 0 fully saturated rings. The molecule has 5 nitrogen and oxygen atoms in total. The SMILES string of the molecule is [2H]C([2H])([2H])c1ccc2c(n1)oc1c[c-]c(-c3cc(-c4ccccc4C([2H])([2H])[2H])c(C([2H])([2H])C([2H])([2H])c4cc(CC(C)(C)c5ccc(-c6[c-]cccc6)nc5)cc(CC(C)(C)c5ccc(-c6[c-]cccc6)nc5)c4)cn3)cc12.[Ir+3]. The maximum Gasteiger partial charge on any atom is 3.00 e. The number of hydrogen-bond acceptors (Lipinski definition) is 5. The average Bonchev–Trinajstić information content (AvgIpc) is 3.85. The second-order valence-corrected chi connectivity index (χ2v) is 18.3. The van der Waals surface area contributed by atoms with E-state index in [1.807, 2.05) is 73.1 Å². The van der Waals surface area contributed by atoms with Gasteiger partial charge in [-0.25, -0.2) is 4.98 Å². The van der Waals surface area contributed by atoms with Crippen molar-refractivity contribution < 1.29 is 38.2 Å². The molecule has 10 rings (SSSR count). The fourth-order valence-corrected chi connectivity index (χ4v) is 8.81. The molecule has 6 heteroatoms. The first-order chi connectivity index (χ1) is 36.4. The maximum atomic E-state index is 10.0. The quantitative estimate of drug-likeness (QED) is 0.108. The van der Waals surface area contributed by atoms with Crippen molar-refractivity contribution in [3.05, 3.63) is 227 Å². The van der Waals surface area contributed by atoms with Crippen LogP contribution in [0.1, 0.15) is 86.0 Å². The molecule has 5 aromatic heterocycles. The van der Waals surface area contributed by atoms with E-state index in [0.29, 0.717) is 40.5 Å². The van der Waals surface area contributed by atoms with E-state index < -0.39 is 37.3 Å². The van der Waals surface area contributed by atoms with E-state index in [0.717, 1.165) is 44.8 Å². The smallest absolute Gasteiger partial charge is 0.486 e. The molecule has 0 amide bonds. The Hall–Kier alpha value is -6.85. The standard InChI is InChI=1S/C62H53N4O.Ir/c1-41-15-13-14-20-52(41)54-35-58(48-24-30-59-55(34-48)53-27-21-42(2)66-60(53)67-59)63-38-49(54)23-22-43-31-44(36-61(3,4)50-25-28-56(64-39-50)46-16-9-7-10-17-46)33-45(32-43)37-62(5,6)51-26-29-57(65-40-51)47-18-11-8-12-19-47;/h7-16,18,20-21,25-35,38-40H,22-23,36-37H2,1-6H3;/q-3;+3/i1D3,2D3,22D2,23D2;. The molecular formula is C62H53IrN4O. The van der Waals surface area contributed by atoms with E-state index >= 15 is 0 Å². The van der Waals surface area contributed by atoms with Crippen LogP contribution in [0.25, 0.3) is 67.0 Å². The second kappa shape index (κ2) is 19.4. The summed E-state index contributed by atoms with van der Waals surface area (Å²) in [6.07, 6.45) is 0.343. The molecule has 0 saturated carbocycles. The van der Waals surface area contributed by atoms with Crippen LogP contribution >= 0.6 is 0 Å². The number of benzene rings is 5. The number of furan rings is 1. The zero-order chi connectivity index (χ0) is 54.7. The van der Waals surface area contributed by atoms with Gasteiger partial charge in [-0.15, -0.1) is 95.6 Å². The van der Waals surface area contributed by atoms with Crippen LogP contribution < -0.4 is 0 Å². The van der Waals surface area contributed by atoms with Crippen molar-refractivity contribution in [2.45, 2.75) is 77.8 Å². The monoisotopic (exact) mass is 1070 g/mol. The molecule has 0 atom stereocenters. The Labute approximate surface area is 428 Å². The molecule has 0 unspecified atom stereocenters. The molecule has 10 aromatic rings. The molecule has 0 saturated heterocycles. The van der Waals surface area contributed by atoms with Crippen molar-refractivity contribution in [1.82, 2.24) is 19.9 Å². The van der Waals surface area contributed by atoms with Gasteiger partial charge in [0.2, 0.25) is 5.71 Å². The van der Waals surface area contributed by atoms with Crippen LogP contribution in [0.2, 0.25) is 0 Å². The van der Waals surface area contributed by atoms with Crippen LogP contribution in [0.3, 0.4) is 0 Å². The van der Waals surface area contributed by atoms with Gasteiger partial charge in [0.1, 0.15) is 0 Å². The van der Waals surface area contributed by atoms with Crippen LogP contribution in [0.4, 0.5) is 0 Å². The Balaban J connectivity index is 0.00000740. The van der Waals surface area contributed by atoms with Gasteiger partial charge in [0.15, 0.2) is 0 Å². The van der Waals surface area contributed by atoms with Gasteiger partial charge in [-0.3, -0.25) is 0 Å². The summed E-state index contributed by atoms with van der Waals surface area (Å²) in [6.45, 7) is 3.37. The van der Waals surface area contributed by atoms with Gasteiger partial charge in [-0.1, -0.05) is 106 Å². The predicted octanol–water partition coefficient (Wildman–Crippen LogP) is 14.7. The number of rotatable bonds is 13. The molecule has 0 aliphatic rings. The third-order valence-corrected chi connectivity index (χ3v) is 12.4. The van der Waals surface area contributed by atoms with Gasteiger partial charge < -0.3 is 19.4 Å². The first-order valence-corrected chi connectivity index (χ1v) is 22.3. The van der Waals surface area contributed by atoms with Crippen molar-refractivity contribution >= 4 is 22.1 Å². The Morgan fingerprint density at radius 2 is 1.19 bits per heavy atom. The third kappa shape index (κ3) is 9.90.